The third-order valence-corrected chi connectivity index (χ3v) is 1.61. The Morgan fingerprint density at radius 1 is 1.19 bits per heavy atom. The molecule has 0 N–H and O–H groups in total. The Morgan fingerprint density at radius 3 is 2.10 bits per heavy atom. The van der Waals surface area contributed by atoms with Crippen LogP contribution in [0.25, 0.3) is 0 Å². The van der Waals surface area contributed by atoms with Gasteiger partial charge in [0.05, 0.1) is 6.61 Å². The summed E-state index contributed by atoms with van der Waals surface area (Å²) in [4.78, 5) is 10.4. The van der Waals surface area contributed by atoms with Crippen LogP contribution in [0, 0.1) is 38.0 Å². The summed E-state index contributed by atoms with van der Waals surface area (Å²) >= 11 is 0. The molecule has 0 amide bonds. The van der Waals surface area contributed by atoms with Crippen molar-refractivity contribution in [2.75, 3.05) is 6.61 Å². The fourth-order valence-electron chi connectivity index (χ4n) is 0.964. The maximum absolute atomic E-state index is 10.4. The van der Waals surface area contributed by atoms with Crippen molar-refractivity contribution in [3.05, 3.63) is 68.5 Å². The molecule has 1 aromatic carbocycles. The maximum atomic E-state index is 10.4. The Hall–Kier alpha value is -1.64. The molecule has 0 atom stereocenters. The number of ether oxygens (including phenoxy) is 1. The van der Waals surface area contributed by atoms with E-state index in [1.165, 1.54) is 6.92 Å². The van der Waals surface area contributed by atoms with E-state index < -0.39 is 0 Å². The van der Waals surface area contributed by atoms with E-state index in [0.29, 0.717) is 6.61 Å². The number of carbonyl (C=O) groups is 1. The zero-order chi connectivity index (χ0) is 16.2. The zero-order valence-corrected chi connectivity index (χ0v) is 12.3. The van der Waals surface area contributed by atoms with Gasteiger partial charge in [-0.15, -0.1) is 0 Å². The van der Waals surface area contributed by atoms with Crippen molar-refractivity contribution in [1.29, 1.82) is 5.46 Å². The number of esters is 1. The topological polar surface area (TPSA) is 110 Å². The summed E-state index contributed by atoms with van der Waals surface area (Å²) in [5.74, 6) is -0.255. The first-order valence-corrected chi connectivity index (χ1v) is 5.06. The molecule has 0 spiro atoms. The van der Waals surface area contributed by atoms with E-state index in [4.69, 9.17) is 24.3 Å². The minimum absolute atomic E-state index is 0. The second-order valence-corrected chi connectivity index (χ2v) is 2.81. The molecule has 0 fully saturated rings. The number of hydrogen-bond donors (Lipinski definition) is 0. The van der Waals surface area contributed by atoms with Gasteiger partial charge in [0.1, 0.15) is 0 Å². The first kappa shape index (κ1) is 27.7. The van der Waals surface area contributed by atoms with Crippen LogP contribution in [0.5, 0.6) is 0 Å². The molecule has 0 saturated carbocycles. The van der Waals surface area contributed by atoms with Crippen LogP contribution in [-0.2, 0) is 40.7 Å². The van der Waals surface area contributed by atoms with Crippen LogP contribution in [0.3, 0.4) is 0 Å². The summed E-state index contributed by atoms with van der Waals surface area (Å²) in [6.45, 7) is 10.7. The van der Waals surface area contributed by atoms with Crippen LogP contribution in [0.15, 0.2) is 30.3 Å². The largest absolute Gasteiger partial charge is 0 e. The summed E-state index contributed by atoms with van der Waals surface area (Å²) in [6.07, 6.45) is 5.64. The average molecular weight is 331 g/mol. The summed E-state index contributed by atoms with van der Waals surface area (Å²) in [5, 5.41) is 0. The van der Waals surface area contributed by atoms with Gasteiger partial charge in [-0.2, -0.15) is 0 Å². The van der Waals surface area contributed by atoms with Gasteiger partial charge in [0, 0.05) is 30.4 Å². The van der Waals surface area contributed by atoms with Crippen LogP contribution < -0.4 is 0 Å². The van der Waals surface area contributed by atoms with Crippen LogP contribution in [0.4, 0.5) is 0 Å². The zero-order valence-electron chi connectivity index (χ0n) is 11.2. The van der Waals surface area contributed by atoms with Crippen LogP contribution >= 0.6 is 0 Å². The number of unbranched alkanes of at least 4 members (excludes halogenated alkanes) is 1. The van der Waals surface area contributed by atoms with Gasteiger partial charge in [0.15, 0.2) is 0 Å². The summed E-state index contributed by atoms with van der Waals surface area (Å²) in [6, 6.07) is 9.95. The molecule has 111 valence electrons. The summed E-state index contributed by atoms with van der Waals surface area (Å²) in [5.41, 5.74) is 6.88. The molecule has 1 aromatic rings. The molecule has 6 nitrogen and oxygen atoms in total. The monoisotopic (exact) mass is 331 g/mol. The van der Waals surface area contributed by atoms with Crippen molar-refractivity contribution in [1.82, 2.24) is 0 Å². The van der Waals surface area contributed by atoms with Crippen molar-refractivity contribution >= 4 is 5.97 Å². The Bertz CT molecular complexity index is 375. The maximum Gasteiger partial charge on any atom is 0 e. The number of nitrogens with zero attached hydrogens (tertiary/aromatic N) is 1. The van der Waals surface area contributed by atoms with Crippen molar-refractivity contribution in [2.24, 2.45) is 0 Å². The third kappa shape index (κ3) is 23.8. The molecule has 0 aliphatic rings. The van der Waals surface area contributed by atoms with E-state index in [9.17, 15) is 4.79 Å². The fourth-order valence-corrected chi connectivity index (χ4v) is 0.964. The minimum Gasteiger partial charge on any atom is 0 e. The molecule has 3 radical (unpaired) electrons. The fraction of sp³-hybridized carbons (Fsp3) is 0.143. The van der Waals surface area contributed by atoms with Gasteiger partial charge in [0.2, 0.25) is 0 Å². The van der Waals surface area contributed by atoms with Crippen molar-refractivity contribution in [3.63, 3.8) is 0 Å². The second-order valence-electron chi connectivity index (χ2n) is 2.81. The van der Waals surface area contributed by atoms with Crippen LogP contribution in [0.2, 0.25) is 0 Å². The minimum atomic E-state index is -0.255. The Morgan fingerprint density at radius 2 is 1.67 bits per heavy atom. The molecule has 0 heterocycles. The molecule has 0 aromatic heterocycles. The van der Waals surface area contributed by atoms with Crippen molar-refractivity contribution in [2.45, 2.75) is 6.92 Å². The predicted octanol–water partition coefficient (Wildman–Crippen LogP) is 2.03. The van der Waals surface area contributed by atoms with Crippen molar-refractivity contribution < 1.29 is 40.7 Å². The molecule has 1 rings (SSSR count). The SMILES string of the molecule is CC(=O)OC[CH][CH][CH]c1ccccc1.N#[O+].[C-]#[O+].[C-]#[O+].[Fe]. The average Bonchev–Trinajstić information content (AvgIpc) is 2.54. The second kappa shape index (κ2) is 26.8. The third-order valence-electron chi connectivity index (χ3n) is 1.61. The van der Waals surface area contributed by atoms with Gasteiger partial charge in [-0.3, -0.25) is 4.79 Å². The van der Waals surface area contributed by atoms with E-state index in [1.54, 1.807) is 6.42 Å². The van der Waals surface area contributed by atoms with E-state index in [0.717, 1.165) is 5.56 Å². The predicted molar refractivity (Wildman–Crippen MR) is 65.3 cm³/mol. The molecular weight excluding hydrogens is 318 g/mol. The molecule has 0 aliphatic carbocycles. The standard InChI is InChI=1S/C12H13O2.2CO.Fe.NO/c1-11(13)14-10-6-5-9-12-7-3-2-4-8-12;2*1-2;;1-2/h2-9H,10H2,1H3;;;;/q;;;;+1. The smallest absolute Gasteiger partial charge is 0 e. The number of rotatable bonds is 5. The van der Waals surface area contributed by atoms with Gasteiger partial charge in [-0.25, -0.2) is 0 Å². The van der Waals surface area contributed by atoms with E-state index in [2.05, 4.69) is 13.3 Å². The number of benzene rings is 1. The van der Waals surface area contributed by atoms with Gasteiger partial charge in [0.25, 0.3) is 0 Å². The quantitative estimate of drug-likeness (QED) is 0.271. The Kier molecular flexibility index (Phi) is 35.3. The van der Waals surface area contributed by atoms with Crippen LogP contribution in [0.1, 0.15) is 12.5 Å². The van der Waals surface area contributed by atoms with E-state index in [1.807, 2.05) is 43.2 Å². The number of hydrogen-bond acceptors (Lipinski definition) is 3. The van der Waals surface area contributed by atoms with Crippen LogP contribution in [-0.4, -0.2) is 12.6 Å². The first-order chi connectivity index (χ1) is 9.79. The summed E-state index contributed by atoms with van der Waals surface area (Å²) < 4.78 is 27.0. The van der Waals surface area contributed by atoms with Gasteiger partial charge in [-0.05, 0) is 18.4 Å². The molecule has 0 bridgehead atoms. The van der Waals surface area contributed by atoms with Crippen molar-refractivity contribution in [3.8, 4) is 0 Å². The normalized spacial score (nSPS) is 6.81. The Labute approximate surface area is 134 Å². The molecular formula is C14H13FeNO5+. The van der Waals surface area contributed by atoms with E-state index >= 15 is 0 Å². The molecule has 21 heavy (non-hydrogen) atoms. The first-order valence-electron chi connectivity index (χ1n) is 5.06. The summed E-state index contributed by atoms with van der Waals surface area (Å²) in [7, 11) is 0. The van der Waals surface area contributed by atoms with Gasteiger partial charge < -0.3 is 4.74 Å². The Balaban J connectivity index is -0.000000183. The van der Waals surface area contributed by atoms with E-state index in [-0.39, 0.29) is 23.0 Å². The molecule has 0 unspecified atom stereocenters. The van der Waals surface area contributed by atoms with Gasteiger partial charge in [-0.1, -0.05) is 30.3 Å². The molecule has 7 heteroatoms. The molecule has 0 saturated heterocycles. The van der Waals surface area contributed by atoms with Gasteiger partial charge >= 0.3 is 38.8 Å². The molecule has 0 aliphatic heterocycles. The number of carbonyl (C=O) groups excluding carboxylic acids is 1.